The zero-order chi connectivity index (χ0) is 16.7. The van der Waals surface area contributed by atoms with Crippen LogP contribution in [-0.2, 0) is 0 Å². The highest BCUT2D eigenvalue weighted by Gasteiger charge is 2.14. The number of carbonyl (C=O) groups is 1. The van der Waals surface area contributed by atoms with Gasteiger partial charge in [0.05, 0.1) is 10.2 Å². The van der Waals surface area contributed by atoms with E-state index in [4.69, 9.17) is 0 Å². The van der Waals surface area contributed by atoms with Gasteiger partial charge in [0.2, 0.25) is 0 Å². The molecule has 0 spiro atoms. The van der Waals surface area contributed by atoms with Crippen molar-refractivity contribution in [3.8, 4) is 0 Å². The lowest BCUT2D eigenvalue weighted by Crippen LogP contribution is -2.13. The SMILES string of the molecule is CC(C)n1ccc(C(=O)Nc2nc3ccc4ccccc4c3s2)n1. The maximum atomic E-state index is 12.4. The first-order valence-electron chi connectivity index (χ1n) is 7.76. The predicted octanol–water partition coefficient (Wildman–Crippen LogP) is 4.48. The Morgan fingerprint density at radius 1 is 1.17 bits per heavy atom. The van der Waals surface area contributed by atoms with E-state index < -0.39 is 0 Å². The fraction of sp³-hybridized carbons (Fsp3) is 0.167. The van der Waals surface area contributed by atoms with Gasteiger partial charge in [-0.1, -0.05) is 41.7 Å². The van der Waals surface area contributed by atoms with Gasteiger partial charge in [-0.15, -0.1) is 0 Å². The van der Waals surface area contributed by atoms with Crippen LogP contribution in [0.25, 0.3) is 21.0 Å². The number of aromatic nitrogens is 3. The Kier molecular flexibility index (Phi) is 3.54. The first-order valence-corrected chi connectivity index (χ1v) is 8.58. The van der Waals surface area contributed by atoms with Crippen LogP contribution in [0.3, 0.4) is 0 Å². The van der Waals surface area contributed by atoms with Gasteiger partial charge in [-0.05, 0) is 31.4 Å². The van der Waals surface area contributed by atoms with E-state index in [0.717, 1.165) is 15.6 Å². The van der Waals surface area contributed by atoms with Crippen LogP contribution in [0.5, 0.6) is 0 Å². The molecule has 2 aromatic carbocycles. The van der Waals surface area contributed by atoms with E-state index in [1.165, 1.54) is 16.7 Å². The smallest absolute Gasteiger partial charge is 0.277 e. The van der Waals surface area contributed by atoms with Crippen LogP contribution in [0.4, 0.5) is 5.13 Å². The van der Waals surface area contributed by atoms with E-state index in [1.54, 1.807) is 10.7 Å². The molecule has 0 aliphatic carbocycles. The van der Waals surface area contributed by atoms with Gasteiger partial charge in [0.25, 0.3) is 5.91 Å². The standard InChI is InChI=1S/C18H16N4OS/c1-11(2)22-10-9-15(21-22)17(23)20-18-19-14-8-7-12-5-3-4-6-13(12)16(14)24-18/h3-11H,1-2H3,(H,19,20,23). The molecule has 0 unspecified atom stereocenters. The van der Waals surface area contributed by atoms with Gasteiger partial charge in [0, 0.05) is 17.6 Å². The maximum Gasteiger partial charge on any atom is 0.277 e. The van der Waals surface area contributed by atoms with Crippen LogP contribution in [0.2, 0.25) is 0 Å². The number of nitrogens with zero attached hydrogens (tertiary/aromatic N) is 3. The molecule has 5 nitrogen and oxygen atoms in total. The van der Waals surface area contributed by atoms with Gasteiger partial charge in [-0.2, -0.15) is 5.10 Å². The molecule has 0 fully saturated rings. The Morgan fingerprint density at radius 2 is 2.00 bits per heavy atom. The summed E-state index contributed by atoms with van der Waals surface area (Å²) in [5.74, 6) is -0.238. The Morgan fingerprint density at radius 3 is 2.79 bits per heavy atom. The van der Waals surface area contributed by atoms with Crippen LogP contribution in [0.15, 0.2) is 48.7 Å². The first-order chi connectivity index (χ1) is 11.6. The lowest BCUT2D eigenvalue weighted by molar-refractivity contribution is 0.102. The fourth-order valence-corrected chi connectivity index (χ4v) is 3.61. The molecule has 0 atom stereocenters. The van der Waals surface area contributed by atoms with Crippen molar-refractivity contribution in [2.45, 2.75) is 19.9 Å². The van der Waals surface area contributed by atoms with Crippen LogP contribution in [0, 0.1) is 0 Å². The Hall–Kier alpha value is -2.73. The number of amides is 1. The molecule has 0 bridgehead atoms. The minimum Gasteiger partial charge on any atom is -0.296 e. The molecule has 2 aromatic heterocycles. The fourth-order valence-electron chi connectivity index (χ4n) is 2.62. The lowest BCUT2D eigenvalue weighted by Gasteiger charge is -2.03. The van der Waals surface area contributed by atoms with Crippen molar-refractivity contribution >= 4 is 43.4 Å². The van der Waals surface area contributed by atoms with E-state index in [2.05, 4.69) is 27.5 Å². The van der Waals surface area contributed by atoms with Crippen molar-refractivity contribution in [3.05, 3.63) is 54.4 Å². The Balaban J connectivity index is 1.66. The van der Waals surface area contributed by atoms with E-state index in [9.17, 15) is 4.79 Å². The molecule has 24 heavy (non-hydrogen) atoms. The number of benzene rings is 2. The molecule has 0 saturated carbocycles. The minimum absolute atomic E-state index is 0.223. The van der Waals surface area contributed by atoms with Crippen molar-refractivity contribution in [1.29, 1.82) is 0 Å². The molecule has 4 rings (SSSR count). The number of nitrogens with one attached hydrogen (secondary N) is 1. The number of anilines is 1. The zero-order valence-corrected chi connectivity index (χ0v) is 14.2. The van der Waals surface area contributed by atoms with Crippen LogP contribution < -0.4 is 5.32 Å². The summed E-state index contributed by atoms with van der Waals surface area (Å²) >= 11 is 1.49. The molecular weight excluding hydrogens is 320 g/mol. The van der Waals surface area contributed by atoms with Crippen molar-refractivity contribution in [2.24, 2.45) is 0 Å². The van der Waals surface area contributed by atoms with Crippen molar-refractivity contribution in [2.75, 3.05) is 5.32 Å². The second-order valence-electron chi connectivity index (χ2n) is 5.88. The summed E-state index contributed by atoms with van der Waals surface area (Å²) in [4.78, 5) is 16.9. The molecule has 0 saturated heterocycles. The minimum atomic E-state index is -0.238. The summed E-state index contributed by atoms with van der Waals surface area (Å²) in [7, 11) is 0. The average molecular weight is 336 g/mol. The quantitative estimate of drug-likeness (QED) is 0.600. The van der Waals surface area contributed by atoms with Gasteiger partial charge in [0.15, 0.2) is 10.8 Å². The van der Waals surface area contributed by atoms with E-state index in [0.29, 0.717) is 10.8 Å². The Bertz CT molecular complexity index is 1050. The predicted molar refractivity (Wildman–Crippen MR) is 97.7 cm³/mol. The van der Waals surface area contributed by atoms with Crippen molar-refractivity contribution in [1.82, 2.24) is 14.8 Å². The molecule has 1 N–H and O–H groups in total. The summed E-state index contributed by atoms with van der Waals surface area (Å²) in [6.45, 7) is 4.04. The van der Waals surface area contributed by atoms with Gasteiger partial charge in [-0.3, -0.25) is 14.8 Å². The van der Waals surface area contributed by atoms with E-state index >= 15 is 0 Å². The van der Waals surface area contributed by atoms with E-state index in [1.807, 2.05) is 44.3 Å². The monoisotopic (exact) mass is 336 g/mol. The second-order valence-corrected chi connectivity index (χ2v) is 6.88. The maximum absolute atomic E-state index is 12.4. The summed E-state index contributed by atoms with van der Waals surface area (Å²) in [5, 5.41) is 10.1. The molecule has 0 aliphatic heterocycles. The topological polar surface area (TPSA) is 59.8 Å². The number of hydrogen-bond donors (Lipinski definition) is 1. The molecule has 2 heterocycles. The van der Waals surface area contributed by atoms with Gasteiger partial charge in [0.1, 0.15) is 0 Å². The van der Waals surface area contributed by atoms with Crippen LogP contribution >= 0.6 is 11.3 Å². The van der Waals surface area contributed by atoms with Gasteiger partial charge >= 0.3 is 0 Å². The number of carbonyl (C=O) groups excluding carboxylic acids is 1. The van der Waals surface area contributed by atoms with Crippen LogP contribution in [0.1, 0.15) is 30.4 Å². The molecule has 120 valence electrons. The number of hydrogen-bond acceptors (Lipinski definition) is 4. The number of rotatable bonds is 3. The summed E-state index contributed by atoms with van der Waals surface area (Å²) in [6.07, 6.45) is 1.81. The van der Waals surface area contributed by atoms with Crippen LogP contribution in [-0.4, -0.2) is 20.7 Å². The lowest BCUT2D eigenvalue weighted by atomic mass is 10.1. The highest BCUT2D eigenvalue weighted by Crippen LogP contribution is 2.32. The molecule has 1 amide bonds. The van der Waals surface area contributed by atoms with Crippen molar-refractivity contribution in [3.63, 3.8) is 0 Å². The molecule has 6 heteroatoms. The van der Waals surface area contributed by atoms with Crippen molar-refractivity contribution < 1.29 is 4.79 Å². The first kappa shape index (κ1) is 14.8. The summed E-state index contributed by atoms with van der Waals surface area (Å²) in [5.41, 5.74) is 1.29. The van der Waals surface area contributed by atoms with Gasteiger partial charge in [-0.25, -0.2) is 4.98 Å². The third-order valence-corrected chi connectivity index (χ3v) is 4.89. The highest BCUT2D eigenvalue weighted by atomic mass is 32.1. The van der Waals surface area contributed by atoms with Gasteiger partial charge < -0.3 is 0 Å². The molecular formula is C18H16N4OS. The number of thiazole rings is 1. The molecule has 0 aliphatic rings. The summed E-state index contributed by atoms with van der Waals surface area (Å²) in [6, 6.07) is 14.2. The molecule has 4 aromatic rings. The second kappa shape index (κ2) is 5.72. The zero-order valence-electron chi connectivity index (χ0n) is 13.4. The number of fused-ring (bicyclic) bond motifs is 3. The third-order valence-electron chi connectivity index (χ3n) is 3.87. The normalized spacial score (nSPS) is 11.5. The molecule has 0 radical (unpaired) electrons. The summed E-state index contributed by atoms with van der Waals surface area (Å²) < 4.78 is 2.84. The average Bonchev–Trinajstić information content (AvgIpc) is 3.21. The third kappa shape index (κ3) is 2.55. The Labute approximate surface area is 142 Å². The van der Waals surface area contributed by atoms with E-state index in [-0.39, 0.29) is 11.9 Å². The largest absolute Gasteiger partial charge is 0.296 e. The highest BCUT2D eigenvalue weighted by molar-refractivity contribution is 7.23.